The summed E-state index contributed by atoms with van der Waals surface area (Å²) in [6, 6.07) is 18.3. The highest BCUT2D eigenvalue weighted by atomic mass is 16.1. The van der Waals surface area contributed by atoms with Crippen LogP contribution in [0.1, 0.15) is 42.4 Å². The van der Waals surface area contributed by atoms with Crippen molar-refractivity contribution in [3.63, 3.8) is 0 Å². The number of hydrogen-bond acceptors (Lipinski definition) is 1. The molecule has 1 atom stereocenters. The Labute approximate surface area is 127 Å². The van der Waals surface area contributed by atoms with Gasteiger partial charge in [0.1, 0.15) is 0 Å². The Morgan fingerprint density at radius 1 is 1.05 bits per heavy atom. The molecule has 0 aliphatic heterocycles. The molecule has 2 nitrogen and oxygen atoms in total. The highest BCUT2D eigenvalue weighted by Crippen LogP contribution is 2.22. The second-order valence-corrected chi connectivity index (χ2v) is 5.49. The van der Waals surface area contributed by atoms with Crippen molar-refractivity contribution in [3.8, 4) is 0 Å². The van der Waals surface area contributed by atoms with Crippen LogP contribution in [-0.4, -0.2) is 5.91 Å². The van der Waals surface area contributed by atoms with Gasteiger partial charge in [-0.2, -0.15) is 0 Å². The number of nitrogens with two attached hydrogens (primary N) is 1. The Bertz CT molecular complexity index is 577. The van der Waals surface area contributed by atoms with Gasteiger partial charge in [0.15, 0.2) is 0 Å². The molecule has 2 rings (SSSR count). The number of amides is 1. The number of hydrogen-bond donors (Lipinski definition) is 1. The van der Waals surface area contributed by atoms with Crippen LogP contribution >= 0.6 is 0 Å². The average molecular weight is 281 g/mol. The summed E-state index contributed by atoms with van der Waals surface area (Å²) < 4.78 is 0. The number of primary amides is 1. The minimum absolute atomic E-state index is 0.256. The molecule has 0 heterocycles. The average Bonchev–Trinajstić information content (AvgIpc) is 2.51. The molecule has 0 aliphatic rings. The van der Waals surface area contributed by atoms with E-state index in [4.69, 9.17) is 5.73 Å². The molecule has 0 fully saturated rings. The predicted octanol–water partition coefficient (Wildman–Crippen LogP) is 3.84. The van der Waals surface area contributed by atoms with Crippen LogP contribution in [0.15, 0.2) is 54.6 Å². The maximum atomic E-state index is 11.9. The molecule has 0 spiro atoms. The molecule has 1 amide bonds. The Morgan fingerprint density at radius 3 is 2.43 bits per heavy atom. The molecule has 110 valence electrons. The van der Waals surface area contributed by atoms with Gasteiger partial charge in [-0.15, -0.1) is 0 Å². The number of carbonyl (C=O) groups is 1. The fraction of sp³-hybridized carbons (Fsp3) is 0.316. The van der Waals surface area contributed by atoms with E-state index in [9.17, 15) is 4.79 Å². The van der Waals surface area contributed by atoms with Crippen molar-refractivity contribution in [1.82, 2.24) is 0 Å². The van der Waals surface area contributed by atoms with Gasteiger partial charge in [0.05, 0.1) is 5.92 Å². The number of rotatable bonds is 7. The molecular formula is C19H23NO. The van der Waals surface area contributed by atoms with Gasteiger partial charge in [-0.3, -0.25) is 4.79 Å². The zero-order valence-corrected chi connectivity index (χ0v) is 12.6. The Hall–Kier alpha value is -2.09. The molecule has 0 aromatic heterocycles. The summed E-state index contributed by atoms with van der Waals surface area (Å²) in [5.41, 5.74) is 9.08. The monoisotopic (exact) mass is 281 g/mol. The lowest BCUT2D eigenvalue weighted by molar-refractivity contribution is -0.119. The van der Waals surface area contributed by atoms with Crippen molar-refractivity contribution in [3.05, 3.63) is 71.3 Å². The molecule has 2 aromatic rings. The Morgan fingerprint density at radius 2 is 1.76 bits per heavy atom. The summed E-state index contributed by atoms with van der Waals surface area (Å²) in [7, 11) is 0. The quantitative estimate of drug-likeness (QED) is 0.823. The van der Waals surface area contributed by atoms with E-state index in [1.165, 1.54) is 18.4 Å². The normalized spacial score (nSPS) is 12.0. The molecule has 0 saturated carbocycles. The number of aryl methyl sites for hydroxylation is 1. The molecule has 21 heavy (non-hydrogen) atoms. The Kier molecular flexibility index (Phi) is 5.56. The van der Waals surface area contributed by atoms with Gasteiger partial charge in [0, 0.05) is 0 Å². The van der Waals surface area contributed by atoms with Gasteiger partial charge in [-0.05, 0) is 36.0 Å². The lowest BCUT2D eigenvalue weighted by Crippen LogP contribution is -2.23. The van der Waals surface area contributed by atoms with Gasteiger partial charge in [-0.25, -0.2) is 0 Å². The molecule has 2 heteroatoms. The number of carbonyl (C=O) groups excluding carboxylic acids is 1. The van der Waals surface area contributed by atoms with Gasteiger partial charge < -0.3 is 5.73 Å². The second-order valence-electron chi connectivity index (χ2n) is 5.49. The third-order valence-electron chi connectivity index (χ3n) is 3.80. The highest BCUT2D eigenvalue weighted by molar-refractivity contribution is 5.82. The van der Waals surface area contributed by atoms with Crippen LogP contribution in [0.25, 0.3) is 0 Å². The largest absolute Gasteiger partial charge is 0.369 e. The minimum atomic E-state index is -0.258. The van der Waals surface area contributed by atoms with E-state index in [1.807, 2.05) is 42.5 Å². The fourth-order valence-electron chi connectivity index (χ4n) is 2.58. The first-order chi connectivity index (χ1) is 10.2. The van der Waals surface area contributed by atoms with Crippen molar-refractivity contribution >= 4 is 5.91 Å². The van der Waals surface area contributed by atoms with Crippen LogP contribution in [0.4, 0.5) is 0 Å². The van der Waals surface area contributed by atoms with Gasteiger partial charge in [0.2, 0.25) is 5.91 Å². The topological polar surface area (TPSA) is 43.1 Å². The second kappa shape index (κ2) is 7.63. The Balaban J connectivity index is 2.20. The molecule has 2 aromatic carbocycles. The van der Waals surface area contributed by atoms with E-state index >= 15 is 0 Å². The van der Waals surface area contributed by atoms with E-state index in [2.05, 4.69) is 19.1 Å². The first-order valence-electron chi connectivity index (χ1n) is 7.62. The smallest absolute Gasteiger partial charge is 0.225 e. The highest BCUT2D eigenvalue weighted by Gasteiger charge is 2.18. The lowest BCUT2D eigenvalue weighted by Gasteiger charge is -2.15. The van der Waals surface area contributed by atoms with Crippen molar-refractivity contribution in [1.29, 1.82) is 0 Å². The van der Waals surface area contributed by atoms with Gasteiger partial charge in [0.25, 0.3) is 0 Å². The van der Waals surface area contributed by atoms with Crippen molar-refractivity contribution in [2.24, 2.45) is 5.73 Å². The van der Waals surface area contributed by atoms with E-state index in [0.29, 0.717) is 6.42 Å². The third-order valence-corrected chi connectivity index (χ3v) is 3.80. The maximum absolute atomic E-state index is 11.9. The predicted molar refractivity (Wildman–Crippen MR) is 87.1 cm³/mol. The zero-order valence-electron chi connectivity index (χ0n) is 12.6. The third kappa shape index (κ3) is 4.45. The summed E-state index contributed by atoms with van der Waals surface area (Å²) in [6.07, 6.45) is 4.06. The van der Waals surface area contributed by atoms with Gasteiger partial charge in [-0.1, -0.05) is 67.9 Å². The van der Waals surface area contributed by atoms with Crippen molar-refractivity contribution in [2.45, 2.75) is 38.5 Å². The summed E-state index contributed by atoms with van der Waals surface area (Å²) in [4.78, 5) is 11.9. The SMILES string of the molecule is CCCCc1cccc(C(Cc2ccccc2)C(N)=O)c1. The van der Waals surface area contributed by atoms with Crippen LogP contribution in [0.3, 0.4) is 0 Å². The number of benzene rings is 2. The summed E-state index contributed by atoms with van der Waals surface area (Å²) >= 11 is 0. The minimum Gasteiger partial charge on any atom is -0.369 e. The van der Waals surface area contributed by atoms with Crippen molar-refractivity contribution in [2.75, 3.05) is 0 Å². The molecule has 0 aliphatic carbocycles. The van der Waals surface area contributed by atoms with Crippen LogP contribution in [0.2, 0.25) is 0 Å². The maximum Gasteiger partial charge on any atom is 0.225 e. The molecule has 0 saturated heterocycles. The molecule has 1 unspecified atom stereocenters. The summed E-state index contributed by atoms with van der Waals surface area (Å²) in [5.74, 6) is -0.513. The lowest BCUT2D eigenvalue weighted by atomic mass is 9.90. The molecule has 0 radical (unpaired) electrons. The van der Waals surface area contributed by atoms with Crippen LogP contribution in [0, 0.1) is 0 Å². The number of unbranched alkanes of at least 4 members (excludes halogenated alkanes) is 1. The van der Waals surface area contributed by atoms with Crippen LogP contribution in [-0.2, 0) is 17.6 Å². The zero-order chi connectivity index (χ0) is 15.1. The molecule has 2 N–H and O–H groups in total. The molecule has 0 bridgehead atoms. The van der Waals surface area contributed by atoms with Gasteiger partial charge >= 0.3 is 0 Å². The standard InChI is InChI=1S/C19H23NO/c1-2-3-8-15-11-7-12-17(13-15)18(19(20)21)14-16-9-5-4-6-10-16/h4-7,9-13,18H,2-3,8,14H2,1H3,(H2,20,21). The van der Waals surface area contributed by atoms with Crippen molar-refractivity contribution < 1.29 is 4.79 Å². The molecular weight excluding hydrogens is 258 g/mol. The van der Waals surface area contributed by atoms with Crippen LogP contribution in [0.5, 0.6) is 0 Å². The first-order valence-corrected chi connectivity index (χ1v) is 7.62. The van der Waals surface area contributed by atoms with Crippen LogP contribution < -0.4 is 5.73 Å². The first kappa shape index (κ1) is 15.3. The van der Waals surface area contributed by atoms with E-state index in [1.54, 1.807) is 0 Å². The van der Waals surface area contributed by atoms with E-state index in [0.717, 1.165) is 17.5 Å². The summed E-state index contributed by atoms with van der Waals surface area (Å²) in [6.45, 7) is 2.19. The van der Waals surface area contributed by atoms with E-state index < -0.39 is 0 Å². The fourth-order valence-corrected chi connectivity index (χ4v) is 2.58. The summed E-state index contributed by atoms with van der Waals surface area (Å²) in [5, 5.41) is 0. The van der Waals surface area contributed by atoms with E-state index in [-0.39, 0.29) is 11.8 Å².